The minimum atomic E-state index is -0.995. The van der Waals surface area contributed by atoms with Gasteiger partial charge in [-0.2, -0.15) is 0 Å². The summed E-state index contributed by atoms with van der Waals surface area (Å²) in [5.41, 5.74) is 0. The van der Waals surface area contributed by atoms with Gasteiger partial charge < -0.3 is 25.2 Å². The summed E-state index contributed by atoms with van der Waals surface area (Å²) in [6.07, 6.45) is 0.111. The van der Waals surface area contributed by atoms with E-state index in [1.807, 2.05) is 36.4 Å². The fourth-order valence-electron chi connectivity index (χ4n) is 2.15. The Hall–Kier alpha value is -3.12. The summed E-state index contributed by atoms with van der Waals surface area (Å²) in [5, 5.41) is 37.7. The van der Waals surface area contributed by atoms with E-state index in [9.17, 15) is 25.2 Å². The smallest absolute Gasteiger partial charge is 0.166 e. The summed E-state index contributed by atoms with van der Waals surface area (Å²) in [5.74, 6) is -0.318. The number of carbonyl (C=O) groups excluding carboxylic acids is 1. The maximum atomic E-state index is 9.49. The quantitative estimate of drug-likeness (QED) is 0.600. The lowest BCUT2D eigenvalue weighted by molar-refractivity contribution is -0.305. The van der Waals surface area contributed by atoms with Gasteiger partial charge in [-0.3, -0.25) is 0 Å². The molecule has 0 aliphatic rings. The summed E-state index contributed by atoms with van der Waals surface area (Å²) < 4.78 is 0. The van der Waals surface area contributed by atoms with Gasteiger partial charge in [0.05, 0.1) is 10.9 Å². The van der Waals surface area contributed by atoms with E-state index in [4.69, 9.17) is 0 Å². The molecule has 5 nitrogen and oxygen atoms in total. The normalized spacial score (nSPS) is 10.1. The first-order valence-electron chi connectivity index (χ1n) is 8.22. The standard InChI is InChI=1S/C18H14O3S.C3H6O2/c19-13-1-7-16(8-2-13)22(17-9-3-14(20)4-10-17)18-11-5-15(21)6-12-18;1-2-3(4)5/h1-12H,(H2-,19,20,21);2H2,1H3,(H,4,5). The van der Waals surface area contributed by atoms with Crippen molar-refractivity contribution in [3.8, 4) is 17.2 Å². The van der Waals surface area contributed by atoms with Gasteiger partial charge in [0.1, 0.15) is 17.2 Å². The number of carbonyl (C=O) groups is 1. The number of benzene rings is 3. The summed E-state index contributed by atoms with van der Waals surface area (Å²) in [6.45, 7) is 1.54. The summed E-state index contributed by atoms with van der Waals surface area (Å²) in [7, 11) is -0.373. The number of aromatic hydroxyl groups is 3. The first kappa shape index (κ1) is 20.2. The van der Waals surface area contributed by atoms with Gasteiger partial charge >= 0.3 is 0 Å². The topological polar surface area (TPSA) is 101 Å². The van der Waals surface area contributed by atoms with Crippen molar-refractivity contribution in [3.63, 3.8) is 0 Å². The van der Waals surface area contributed by atoms with Crippen LogP contribution in [-0.4, -0.2) is 21.3 Å². The molecule has 0 unspecified atom stereocenters. The Morgan fingerprint density at radius 1 is 0.704 bits per heavy atom. The van der Waals surface area contributed by atoms with Crippen LogP contribution in [0.4, 0.5) is 0 Å². The van der Waals surface area contributed by atoms with Crippen molar-refractivity contribution < 1.29 is 25.2 Å². The Kier molecular flexibility index (Phi) is 7.14. The second-order valence-electron chi connectivity index (χ2n) is 5.51. The molecule has 3 rings (SSSR count). The van der Waals surface area contributed by atoms with Gasteiger partial charge in [0, 0.05) is 5.97 Å². The molecule has 3 N–H and O–H groups in total. The Morgan fingerprint density at radius 3 is 1.11 bits per heavy atom. The van der Waals surface area contributed by atoms with Gasteiger partial charge in [-0.25, -0.2) is 0 Å². The van der Waals surface area contributed by atoms with Crippen molar-refractivity contribution >= 4 is 16.9 Å². The summed E-state index contributed by atoms with van der Waals surface area (Å²) >= 11 is 0. The second-order valence-corrected chi connectivity index (χ2v) is 7.54. The average Bonchev–Trinajstić information content (AvgIpc) is 2.67. The molecule has 3 aromatic carbocycles. The first-order valence-corrected chi connectivity index (χ1v) is 9.44. The predicted molar refractivity (Wildman–Crippen MR) is 102 cm³/mol. The number of carboxylic acid groups (broad SMARTS) is 1. The Morgan fingerprint density at radius 2 is 0.926 bits per heavy atom. The third-order valence-corrected chi connectivity index (χ3v) is 5.74. The summed E-state index contributed by atoms with van der Waals surface area (Å²) in [4.78, 5) is 12.4. The van der Waals surface area contributed by atoms with Gasteiger partial charge in [-0.1, -0.05) is 6.92 Å². The van der Waals surface area contributed by atoms with E-state index < -0.39 is 5.97 Å². The van der Waals surface area contributed by atoms with Gasteiger partial charge in [0.25, 0.3) is 0 Å². The van der Waals surface area contributed by atoms with Crippen LogP contribution in [0.2, 0.25) is 0 Å². The highest BCUT2D eigenvalue weighted by atomic mass is 32.2. The van der Waals surface area contributed by atoms with Crippen molar-refractivity contribution in [1.82, 2.24) is 0 Å². The molecule has 0 aliphatic carbocycles. The third kappa shape index (κ3) is 5.97. The SMILES string of the molecule is CCC(=O)[O-].Oc1ccc([S+](c2ccc(O)cc2)c2ccc(O)cc2)cc1. The third-order valence-electron chi connectivity index (χ3n) is 3.51. The molecule has 0 saturated heterocycles. The monoisotopic (exact) mass is 384 g/mol. The minimum absolute atomic E-state index is 0.111. The zero-order valence-corrected chi connectivity index (χ0v) is 15.5. The maximum absolute atomic E-state index is 9.49. The lowest BCUT2D eigenvalue weighted by Crippen LogP contribution is -2.19. The van der Waals surface area contributed by atoms with Crippen molar-refractivity contribution in [2.45, 2.75) is 28.0 Å². The van der Waals surface area contributed by atoms with Crippen molar-refractivity contribution in [2.24, 2.45) is 0 Å². The van der Waals surface area contributed by atoms with Crippen LogP contribution in [0.3, 0.4) is 0 Å². The van der Waals surface area contributed by atoms with E-state index >= 15 is 0 Å². The number of hydrogen-bond donors (Lipinski definition) is 3. The van der Waals surface area contributed by atoms with Gasteiger partial charge in [-0.05, 0) is 79.2 Å². The molecule has 0 amide bonds. The predicted octanol–water partition coefficient (Wildman–Crippen LogP) is 3.05. The molecule has 0 bridgehead atoms. The number of phenolic OH excluding ortho intramolecular Hbond substituents is 3. The number of rotatable bonds is 4. The fraction of sp³-hybridized carbons (Fsp3) is 0.0952. The molecule has 0 heterocycles. The van der Waals surface area contributed by atoms with Crippen molar-refractivity contribution in [1.29, 1.82) is 0 Å². The van der Waals surface area contributed by atoms with E-state index in [1.165, 1.54) is 6.92 Å². The number of hydrogen-bond acceptors (Lipinski definition) is 5. The minimum Gasteiger partial charge on any atom is -0.550 e. The molecule has 0 spiro atoms. The van der Waals surface area contributed by atoms with Crippen LogP contribution in [0.25, 0.3) is 0 Å². The molecule has 0 saturated carbocycles. The van der Waals surface area contributed by atoms with Crippen molar-refractivity contribution in [2.75, 3.05) is 0 Å². The number of aliphatic carboxylic acids is 1. The Balaban J connectivity index is 0.000000465. The molecule has 0 fully saturated rings. The molecular weight excluding hydrogens is 364 g/mol. The van der Waals surface area contributed by atoms with Crippen LogP contribution in [0.1, 0.15) is 13.3 Å². The lowest BCUT2D eigenvalue weighted by atomic mass is 10.3. The second kappa shape index (κ2) is 9.54. The van der Waals surface area contributed by atoms with E-state index in [-0.39, 0.29) is 34.6 Å². The van der Waals surface area contributed by atoms with E-state index in [0.717, 1.165) is 14.7 Å². The molecule has 3 aromatic rings. The molecular formula is C21H20O5S. The Labute approximate surface area is 160 Å². The molecule has 27 heavy (non-hydrogen) atoms. The first-order chi connectivity index (χ1) is 12.9. The van der Waals surface area contributed by atoms with Crippen LogP contribution in [-0.2, 0) is 15.7 Å². The van der Waals surface area contributed by atoms with Crippen LogP contribution in [0.5, 0.6) is 17.2 Å². The van der Waals surface area contributed by atoms with Gasteiger partial charge in [0.2, 0.25) is 0 Å². The van der Waals surface area contributed by atoms with Crippen LogP contribution < -0.4 is 5.11 Å². The average molecular weight is 384 g/mol. The molecule has 0 radical (unpaired) electrons. The maximum Gasteiger partial charge on any atom is 0.166 e. The van der Waals surface area contributed by atoms with Gasteiger partial charge in [-0.15, -0.1) is 0 Å². The van der Waals surface area contributed by atoms with Crippen LogP contribution >= 0.6 is 0 Å². The number of phenols is 3. The van der Waals surface area contributed by atoms with Gasteiger partial charge in [0.15, 0.2) is 14.7 Å². The molecule has 0 aliphatic heterocycles. The lowest BCUT2D eigenvalue weighted by Gasteiger charge is -2.08. The zero-order chi connectivity index (χ0) is 19.8. The molecule has 0 aromatic heterocycles. The molecule has 6 heteroatoms. The van der Waals surface area contributed by atoms with Crippen LogP contribution in [0.15, 0.2) is 87.5 Å². The molecule has 140 valence electrons. The summed E-state index contributed by atoms with van der Waals surface area (Å²) in [6, 6.07) is 21.3. The van der Waals surface area contributed by atoms with E-state index in [0.29, 0.717) is 0 Å². The highest BCUT2D eigenvalue weighted by Gasteiger charge is 2.28. The highest BCUT2D eigenvalue weighted by Crippen LogP contribution is 2.33. The van der Waals surface area contributed by atoms with E-state index in [2.05, 4.69) is 0 Å². The largest absolute Gasteiger partial charge is 0.550 e. The van der Waals surface area contributed by atoms with E-state index in [1.54, 1.807) is 36.4 Å². The zero-order valence-electron chi connectivity index (χ0n) is 14.7. The highest BCUT2D eigenvalue weighted by molar-refractivity contribution is 7.97. The Bertz CT molecular complexity index is 750. The number of carboxylic acids is 1. The van der Waals surface area contributed by atoms with Crippen LogP contribution in [0, 0.1) is 0 Å². The van der Waals surface area contributed by atoms with Crippen molar-refractivity contribution in [3.05, 3.63) is 72.8 Å². The fourth-order valence-corrected chi connectivity index (χ4v) is 4.20. The molecule has 0 atom stereocenters.